The molecule has 0 bridgehead atoms. The quantitative estimate of drug-likeness (QED) is 0.811. The number of nitrogens with one attached hydrogen (secondary N) is 1. The van der Waals surface area contributed by atoms with Crippen LogP contribution in [0.2, 0.25) is 10.0 Å². The molecule has 0 saturated carbocycles. The highest BCUT2D eigenvalue weighted by Gasteiger charge is 2.14. The van der Waals surface area contributed by atoms with Crippen molar-refractivity contribution >= 4 is 23.2 Å². The fourth-order valence-corrected chi connectivity index (χ4v) is 2.70. The molecule has 1 atom stereocenters. The summed E-state index contributed by atoms with van der Waals surface area (Å²) in [6, 6.07) is 7.96. The Bertz CT molecular complexity index is 599. The zero-order valence-electron chi connectivity index (χ0n) is 12.4. The summed E-state index contributed by atoms with van der Waals surface area (Å²) in [5.74, 6) is 0. The van der Waals surface area contributed by atoms with Gasteiger partial charge in [0.1, 0.15) is 0 Å². The summed E-state index contributed by atoms with van der Waals surface area (Å²) in [6.45, 7) is 5.17. The van der Waals surface area contributed by atoms with Crippen molar-refractivity contribution in [3.63, 3.8) is 0 Å². The van der Waals surface area contributed by atoms with Gasteiger partial charge in [0.15, 0.2) is 0 Å². The van der Waals surface area contributed by atoms with E-state index in [0.717, 1.165) is 35.5 Å². The third-order valence-electron chi connectivity index (χ3n) is 3.37. The maximum Gasteiger partial charge on any atom is 0.0439 e. The van der Waals surface area contributed by atoms with Crippen molar-refractivity contribution in [2.45, 2.75) is 32.7 Å². The Morgan fingerprint density at radius 3 is 2.71 bits per heavy atom. The van der Waals surface area contributed by atoms with E-state index in [1.807, 2.05) is 30.6 Å². The van der Waals surface area contributed by atoms with E-state index in [-0.39, 0.29) is 6.04 Å². The van der Waals surface area contributed by atoms with E-state index in [0.29, 0.717) is 5.02 Å². The summed E-state index contributed by atoms with van der Waals surface area (Å²) in [4.78, 5) is 4.30. The summed E-state index contributed by atoms with van der Waals surface area (Å²) < 4.78 is 0. The monoisotopic (exact) mass is 322 g/mol. The Morgan fingerprint density at radius 1 is 1.19 bits per heavy atom. The fourth-order valence-electron chi connectivity index (χ4n) is 2.31. The lowest BCUT2D eigenvalue weighted by Crippen LogP contribution is -2.24. The lowest BCUT2D eigenvalue weighted by molar-refractivity contribution is 0.527. The van der Waals surface area contributed by atoms with Gasteiger partial charge in [-0.25, -0.2) is 0 Å². The first kappa shape index (κ1) is 16.3. The molecule has 112 valence electrons. The second-order valence-electron chi connectivity index (χ2n) is 5.24. The van der Waals surface area contributed by atoms with E-state index < -0.39 is 0 Å². The van der Waals surface area contributed by atoms with Crippen LogP contribution in [0, 0.1) is 6.92 Å². The van der Waals surface area contributed by atoms with Gasteiger partial charge in [-0.1, -0.05) is 36.2 Å². The standard InChI is InChI=1S/C17H20Cl2N2/c1-3-6-21-17(14-7-12(2)10-20-11-14)9-13-8-15(18)4-5-16(13)19/h4-5,7-8,10-11,17,21H,3,6,9H2,1-2H3. The van der Waals surface area contributed by atoms with Gasteiger partial charge in [-0.2, -0.15) is 0 Å². The number of pyridine rings is 1. The van der Waals surface area contributed by atoms with Crippen molar-refractivity contribution in [2.24, 2.45) is 0 Å². The zero-order valence-corrected chi connectivity index (χ0v) is 13.9. The summed E-state index contributed by atoms with van der Waals surface area (Å²) in [6.07, 6.45) is 5.66. The van der Waals surface area contributed by atoms with Crippen LogP contribution in [0.25, 0.3) is 0 Å². The van der Waals surface area contributed by atoms with Gasteiger partial charge in [-0.3, -0.25) is 4.98 Å². The second kappa shape index (κ2) is 7.79. The minimum Gasteiger partial charge on any atom is -0.310 e. The molecule has 0 aliphatic carbocycles. The van der Waals surface area contributed by atoms with Gasteiger partial charge >= 0.3 is 0 Å². The zero-order chi connectivity index (χ0) is 15.2. The van der Waals surface area contributed by atoms with E-state index in [2.05, 4.69) is 30.2 Å². The molecule has 0 fully saturated rings. The number of aryl methyl sites for hydroxylation is 1. The predicted molar refractivity (Wildman–Crippen MR) is 90.2 cm³/mol. The smallest absolute Gasteiger partial charge is 0.0439 e. The highest BCUT2D eigenvalue weighted by molar-refractivity contribution is 6.33. The first-order chi connectivity index (χ1) is 10.1. The Kier molecular flexibility index (Phi) is 6.04. The second-order valence-corrected chi connectivity index (χ2v) is 6.09. The number of aromatic nitrogens is 1. The molecule has 0 spiro atoms. The lowest BCUT2D eigenvalue weighted by atomic mass is 9.99. The van der Waals surface area contributed by atoms with Gasteiger partial charge in [-0.05, 0) is 61.2 Å². The molecule has 1 N–H and O–H groups in total. The van der Waals surface area contributed by atoms with E-state index >= 15 is 0 Å². The predicted octanol–water partition coefficient (Wildman–Crippen LogP) is 4.98. The third-order valence-corrected chi connectivity index (χ3v) is 3.97. The minimum absolute atomic E-state index is 0.188. The van der Waals surface area contributed by atoms with Crippen LogP contribution in [0.3, 0.4) is 0 Å². The van der Waals surface area contributed by atoms with Gasteiger partial charge in [0.25, 0.3) is 0 Å². The first-order valence-corrected chi connectivity index (χ1v) is 7.94. The molecular weight excluding hydrogens is 303 g/mol. The molecule has 1 aromatic heterocycles. The van der Waals surface area contributed by atoms with Gasteiger partial charge in [0, 0.05) is 28.5 Å². The number of nitrogens with zero attached hydrogens (tertiary/aromatic N) is 1. The highest BCUT2D eigenvalue weighted by atomic mass is 35.5. The fraction of sp³-hybridized carbons (Fsp3) is 0.353. The average Bonchev–Trinajstić information content (AvgIpc) is 2.47. The first-order valence-electron chi connectivity index (χ1n) is 7.19. The van der Waals surface area contributed by atoms with Crippen LogP contribution in [0.4, 0.5) is 0 Å². The normalized spacial score (nSPS) is 12.4. The Hall–Kier alpha value is -1.09. The Balaban J connectivity index is 2.25. The SMILES string of the molecule is CCCNC(Cc1cc(Cl)ccc1Cl)c1cncc(C)c1. The molecule has 2 nitrogen and oxygen atoms in total. The number of hydrogen-bond donors (Lipinski definition) is 1. The molecule has 2 rings (SSSR count). The van der Waals surface area contributed by atoms with Gasteiger partial charge in [0.2, 0.25) is 0 Å². The van der Waals surface area contributed by atoms with Crippen molar-refractivity contribution in [3.8, 4) is 0 Å². The molecule has 0 radical (unpaired) electrons. The van der Waals surface area contributed by atoms with Crippen LogP contribution in [-0.4, -0.2) is 11.5 Å². The molecular formula is C17H20Cl2N2. The Labute approximate surface area is 136 Å². The minimum atomic E-state index is 0.188. The van der Waals surface area contributed by atoms with Crippen molar-refractivity contribution in [3.05, 3.63) is 63.4 Å². The summed E-state index contributed by atoms with van der Waals surface area (Å²) in [7, 11) is 0. The number of rotatable bonds is 6. The van der Waals surface area contributed by atoms with Gasteiger partial charge < -0.3 is 5.32 Å². The topological polar surface area (TPSA) is 24.9 Å². The van der Waals surface area contributed by atoms with Crippen molar-refractivity contribution in [1.82, 2.24) is 10.3 Å². The molecule has 0 aliphatic heterocycles. The van der Waals surface area contributed by atoms with Crippen LogP contribution >= 0.6 is 23.2 Å². The number of benzene rings is 1. The largest absolute Gasteiger partial charge is 0.310 e. The molecule has 4 heteroatoms. The maximum atomic E-state index is 6.29. The van der Waals surface area contributed by atoms with E-state index in [4.69, 9.17) is 23.2 Å². The molecule has 21 heavy (non-hydrogen) atoms. The summed E-state index contributed by atoms with van der Waals surface area (Å²) in [5, 5.41) is 5.03. The van der Waals surface area contributed by atoms with Gasteiger partial charge in [0.05, 0.1) is 0 Å². The molecule has 0 amide bonds. The third kappa shape index (κ3) is 4.70. The molecule has 1 heterocycles. The Morgan fingerprint density at radius 2 is 2.00 bits per heavy atom. The van der Waals surface area contributed by atoms with Crippen LogP contribution in [0.15, 0.2) is 36.7 Å². The highest BCUT2D eigenvalue weighted by Crippen LogP contribution is 2.26. The summed E-state index contributed by atoms with van der Waals surface area (Å²) >= 11 is 12.4. The van der Waals surface area contributed by atoms with Crippen molar-refractivity contribution < 1.29 is 0 Å². The van der Waals surface area contributed by atoms with E-state index in [1.54, 1.807) is 0 Å². The van der Waals surface area contributed by atoms with E-state index in [1.165, 1.54) is 5.56 Å². The lowest BCUT2D eigenvalue weighted by Gasteiger charge is -2.20. The number of hydrogen-bond acceptors (Lipinski definition) is 2. The summed E-state index contributed by atoms with van der Waals surface area (Å²) in [5.41, 5.74) is 3.40. The van der Waals surface area contributed by atoms with Gasteiger partial charge in [-0.15, -0.1) is 0 Å². The van der Waals surface area contributed by atoms with Crippen LogP contribution in [0.5, 0.6) is 0 Å². The molecule has 0 aliphatic rings. The number of halogens is 2. The van der Waals surface area contributed by atoms with Crippen LogP contribution in [-0.2, 0) is 6.42 Å². The molecule has 1 unspecified atom stereocenters. The molecule has 0 saturated heterocycles. The van der Waals surface area contributed by atoms with E-state index in [9.17, 15) is 0 Å². The molecule has 2 aromatic rings. The van der Waals surface area contributed by atoms with Crippen molar-refractivity contribution in [1.29, 1.82) is 0 Å². The molecule has 1 aromatic carbocycles. The van der Waals surface area contributed by atoms with Crippen LogP contribution in [0.1, 0.15) is 36.1 Å². The maximum absolute atomic E-state index is 6.29. The average molecular weight is 323 g/mol. The van der Waals surface area contributed by atoms with Crippen molar-refractivity contribution in [2.75, 3.05) is 6.54 Å². The van der Waals surface area contributed by atoms with Crippen LogP contribution < -0.4 is 5.32 Å².